The first kappa shape index (κ1) is 24.4. The summed E-state index contributed by atoms with van der Waals surface area (Å²) in [6, 6.07) is 11.3. The number of amides is 1. The van der Waals surface area contributed by atoms with Crippen molar-refractivity contribution in [2.75, 3.05) is 30.8 Å². The Morgan fingerprint density at radius 1 is 1.06 bits per heavy atom. The Kier molecular flexibility index (Phi) is 7.69. The zero-order valence-corrected chi connectivity index (χ0v) is 20.1. The molecule has 0 unspecified atom stereocenters. The SMILES string of the molecule is COC(=O)C1CCN(C(=O)c2ccc(N(Cc3c(Cl)cccc3Cl)S(C)(=O)=O)cc2)CC1. The van der Waals surface area contributed by atoms with E-state index >= 15 is 0 Å². The van der Waals surface area contributed by atoms with Crippen molar-refractivity contribution >= 4 is 50.8 Å². The highest BCUT2D eigenvalue weighted by Gasteiger charge is 2.28. The molecule has 1 aliphatic rings. The van der Waals surface area contributed by atoms with Crippen LogP contribution < -0.4 is 4.31 Å². The molecule has 1 heterocycles. The van der Waals surface area contributed by atoms with E-state index in [1.54, 1.807) is 47.4 Å². The van der Waals surface area contributed by atoms with Crippen molar-refractivity contribution in [3.8, 4) is 0 Å². The lowest BCUT2D eigenvalue weighted by molar-refractivity contribution is -0.146. The van der Waals surface area contributed by atoms with Crippen LogP contribution in [0.2, 0.25) is 10.0 Å². The van der Waals surface area contributed by atoms with E-state index in [9.17, 15) is 18.0 Å². The van der Waals surface area contributed by atoms with Crippen LogP contribution in [0.4, 0.5) is 5.69 Å². The number of hydrogen-bond donors (Lipinski definition) is 0. The largest absolute Gasteiger partial charge is 0.469 e. The number of methoxy groups -OCH3 is 1. The zero-order chi connectivity index (χ0) is 23.5. The molecule has 1 amide bonds. The third-order valence-electron chi connectivity index (χ3n) is 5.48. The Morgan fingerprint density at radius 3 is 2.12 bits per heavy atom. The van der Waals surface area contributed by atoms with Crippen molar-refractivity contribution in [2.45, 2.75) is 19.4 Å². The van der Waals surface area contributed by atoms with E-state index in [1.165, 1.54) is 11.4 Å². The molecule has 1 aliphatic heterocycles. The molecule has 2 aromatic rings. The number of rotatable bonds is 6. The maximum atomic E-state index is 12.8. The first-order valence-corrected chi connectivity index (χ1v) is 12.6. The molecule has 0 bridgehead atoms. The minimum absolute atomic E-state index is 0.0360. The lowest BCUT2D eigenvalue weighted by atomic mass is 9.96. The molecule has 0 radical (unpaired) electrons. The number of ether oxygens (including phenoxy) is 1. The molecule has 7 nitrogen and oxygen atoms in total. The Morgan fingerprint density at radius 2 is 1.62 bits per heavy atom. The number of carbonyl (C=O) groups is 2. The summed E-state index contributed by atoms with van der Waals surface area (Å²) in [7, 11) is -2.28. The smallest absolute Gasteiger partial charge is 0.308 e. The summed E-state index contributed by atoms with van der Waals surface area (Å²) < 4.78 is 30.9. The minimum atomic E-state index is -3.64. The van der Waals surface area contributed by atoms with E-state index in [4.69, 9.17) is 27.9 Å². The number of sulfonamides is 1. The van der Waals surface area contributed by atoms with Gasteiger partial charge in [-0.1, -0.05) is 29.3 Å². The number of hydrogen-bond acceptors (Lipinski definition) is 5. The molecule has 32 heavy (non-hydrogen) atoms. The lowest BCUT2D eigenvalue weighted by Gasteiger charge is -2.31. The Hall–Kier alpha value is -2.29. The number of nitrogens with zero attached hydrogens (tertiary/aromatic N) is 2. The van der Waals surface area contributed by atoms with Gasteiger partial charge in [-0.25, -0.2) is 8.42 Å². The van der Waals surface area contributed by atoms with Crippen LogP contribution in [0.1, 0.15) is 28.8 Å². The van der Waals surface area contributed by atoms with E-state index in [0.29, 0.717) is 52.8 Å². The molecule has 172 valence electrons. The van der Waals surface area contributed by atoms with Crippen LogP contribution >= 0.6 is 23.2 Å². The standard InChI is InChI=1S/C22H24Cl2N2O5S/c1-31-22(28)16-10-12-25(13-11-16)21(27)15-6-8-17(9-7-15)26(32(2,29)30)14-18-19(23)4-3-5-20(18)24/h3-9,16H,10-14H2,1-2H3. The fraction of sp³-hybridized carbons (Fsp3) is 0.364. The molecule has 2 aromatic carbocycles. The van der Waals surface area contributed by atoms with E-state index in [1.807, 2.05) is 0 Å². The van der Waals surface area contributed by atoms with E-state index in [-0.39, 0.29) is 24.3 Å². The van der Waals surface area contributed by atoms with Gasteiger partial charge in [0.25, 0.3) is 5.91 Å². The molecular formula is C22H24Cl2N2O5S. The maximum absolute atomic E-state index is 12.8. The predicted molar refractivity (Wildman–Crippen MR) is 125 cm³/mol. The van der Waals surface area contributed by atoms with Gasteiger partial charge in [0.2, 0.25) is 10.0 Å². The van der Waals surface area contributed by atoms with Crippen LogP contribution in [0.15, 0.2) is 42.5 Å². The average Bonchev–Trinajstić information content (AvgIpc) is 2.77. The number of likely N-dealkylation sites (tertiary alicyclic amines) is 1. The zero-order valence-electron chi connectivity index (χ0n) is 17.8. The number of anilines is 1. The molecule has 0 spiro atoms. The third kappa shape index (κ3) is 5.54. The maximum Gasteiger partial charge on any atom is 0.308 e. The molecular weight excluding hydrogens is 475 g/mol. The Balaban J connectivity index is 1.76. The van der Waals surface area contributed by atoms with Crippen LogP contribution in [0.3, 0.4) is 0 Å². The van der Waals surface area contributed by atoms with Crippen molar-refractivity contribution < 1.29 is 22.7 Å². The van der Waals surface area contributed by atoms with Crippen molar-refractivity contribution in [1.29, 1.82) is 0 Å². The number of esters is 1. The topological polar surface area (TPSA) is 84.0 Å². The van der Waals surface area contributed by atoms with Gasteiger partial charge in [0.05, 0.1) is 31.5 Å². The summed E-state index contributed by atoms with van der Waals surface area (Å²) in [6.45, 7) is 0.882. The van der Waals surface area contributed by atoms with Crippen LogP contribution in [0, 0.1) is 5.92 Å². The summed E-state index contributed by atoms with van der Waals surface area (Å²) in [5, 5.41) is 0.738. The van der Waals surface area contributed by atoms with Gasteiger partial charge in [-0.2, -0.15) is 0 Å². The first-order valence-electron chi connectivity index (χ1n) is 9.99. The van der Waals surface area contributed by atoms with Crippen molar-refractivity contribution in [2.24, 2.45) is 5.92 Å². The normalized spacial score (nSPS) is 14.8. The van der Waals surface area contributed by atoms with Crippen LogP contribution in [-0.4, -0.2) is 51.6 Å². The van der Waals surface area contributed by atoms with Gasteiger partial charge >= 0.3 is 5.97 Å². The minimum Gasteiger partial charge on any atom is -0.469 e. The number of benzene rings is 2. The van der Waals surface area contributed by atoms with Crippen molar-refractivity contribution in [1.82, 2.24) is 4.90 Å². The van der Waals surface area contributed by atoms with Crippen molar-refractivity contribution in [3.63, 3.8) is 0 Å². The van der Waals surface area contributed by atoms with E-state index in [2.05, 4.69) is 0 Å². The number of halogens is 2. The fourth-order valence-corrected chi connectivity index (χ4v) is 5.05. The van der Waals surface area contributed by atoms with Crippen molar-refractivity contribution in [3.05, 3.63) is 63.6 Å². The molecule has 0 saturated carbocycles. The number of piperidine rings is 1. The summed E-state index contributed by atoms with van der Waals surface area (Å²) in [6.07, 6.45) is 2.20. The molecule has 1 fully saturated rings. The van der Waals surface area contributed by atoms with Gasteiger partial charge in [-0.05, 0) is 49.2 Å². The van der Waals surface area contributed by atoms with E-state index in [0.717, 1.165) is 6.26 Å². The molecule has 0 atom stereocenters. The second-order valence-electron chi connectivity index (χ2n) is 7.61. The molecule has 0 aliphatic carbocycles. The summed E-state index contributed by atoms with van der Waals surface area (Å²) >= 11 is 12.4. The monoisotopic (exact) mass is 498 g/mol. The highest BCUT2D eigenvalue weighted by Crippen LogP contribution is 2.29. The molecule has 10 heteroatoms. The van der Waals surface area contributed by atoms with Crippen LogP contribution in [0.25, 0.3) is 0 Å². The Labute approximate surface area is 197 Å². The van der Waals surface area contributed by atoms with Gasteiger partial charge in [0.15, 0.2) is 0 Å². The lowest BCUT2D eigenvalue weighted by Crippen LogP contribution is -2.40. The average molecular weight is 499 g/mol. The first-order chi connectivity index (χ1) is 15.1. The van der Waals surface area contributed by atoms with Gasteiger partial charge in [0, 0.05) is 34.3 Å². The van der Waals surface area contributed by atoms with Gasteiger partial charge < -0.3 is 9.64 Å². The predicted octanol–water partition coefficient (Wildman–Crippen LogP) is 3.98. The van der Waals surface area contributed by atoms with Gasteiger partial charge in [-0.3, -0.25) is 13.9 Å². The highest BCUT2D eigenvalue weighted by molar-refractivity contribution is 7.92. The van der Waals surface area contributed by atoms with Gasteiger partial charge in [0.1, 0.15) is 0 Å². The number of carbonyl (C=O) groups excluding carboxylic acids is 2. The highest BCUT2D eigenvalue weighted by atomic mass is 35.5. The summed E-state index contributed by atoms with van der Waals surface area (Å²) in [5.41, 5.74) is 1.33. The van der Waals surface area contributed by atoms with Crippen LogP contribution in [-0.2, 0) is 26.1 Å². The third-order valence-corrected chi connectivity index (χ3v) is 7.33. The summed E-state index contributed by atoms with van der Waals surface area (Å²) in [5.74, 6) is -0.604. The molecule has 3 rings (SSSR count). The second kappa shape index (κ2) is 10.1. The van der Waals surface area contributed by atoms with E-state index < -0.39 is 10.0 Å². The fourth-order valence-electron chi connectivity index (χ4n) is 3.66. The molecule has 0 N–H and O–H groups in total. The molecule has 1 saturated heterocycles. The second-order valence-corrected chi connectivity index (χ2v) is 10.3. The van der Waals surface area contributed by atoms with Gasteiger partial charge in [-0.15, -0.1) is 0 Å². The Bertz CT molecular complexity index is 1080. The van der Waals surface area contributed by atoms with Crippen LogP contribution in [0.5, 0.6) is 0 Å². The quantitative estimate of drug-likeness (QED) is 0.562. The molecule has 0 aromatic heterocycles. The summed E-state index contributed by atoms with van der Waals surface area (Å²) in [4.78, 5) is 26.2.